The first-order valence-corrected chi connectivity index (χ1v) is 10.6. The maximum Gasteiger partial charge on any atom is 0.408 e. The van der Waals surface area contributed by atoms with Crippen molar-refractivity contribution in [1.82, 2.24) is 16.0 Å². The van der Waals surface area contributed by atoms with E-state index < -0.39 is 11.7 Å². The van der Waals surface area contributed by atoms with E-state index in [2.05, 4.69) is 20.9 Å². The Balaban J connectivity index is 0.00000480. The van der Waals surface area contributed by atoms with E-state index in [0.29, 0.717) is 25.7 Å². The van der Waals surface area contributed by atoms with Gasteiger partial charge in [-0.2, -0.15) is 0 Å². The average Bonchev–Trinajstić information content (AvgIpc) is 3.21. The van der Waals surface area contributed by atoms with Crippen LogP contribution in [0.2, 0.25) is 0 Å². The van der Waals surface area contributed by atoms with Gasteiger partial charge >= 0.3 is 6.09 Å². The van der Waals surface area contributed by atoms with Gasteiger partial charge in [-0.15, -0.1) is 24.0 Å². The van der Waals surface area contributed by atoms with Crippen LogP contribution in [0.4, 0.5) is 4.79 Å². The van der Waals surface area contributed by atoms with E-state index in [0.717, 1.165) is 31.6 Å². The van der Waals surface area contributed by atoms with E-state index in [4.69, 9.17) is 14.2 Å². The number of hydrogen-bond acceptors (Lipinski definition) is 5. The van der Waals surface area contributed by atoms with Crippen molar-refractivity contribution < 1.29 is 19.0 Å². The minimum absolute atomic E-state index is 0. The monoisotopic (exact) mass is 548 g/mol. The number of ether oxygens (including phenoxy) is 3. The van der Waals surface area contributed by atoms with E-state index in [1.165, 1.54) is 0 Å². The standard InChI is InChI=1S/C22H36N4O4.HI/c1-22(2,3)30-21(27)26-19(17-9-6-5-7-10-17)15-25-20(23-4)24-12-8-13-29-18-11-14-28-16-18;/h5-7,9-10,18-19H,8,11-16H2,1-4H3,(H,26,27)(H2,23,24,25);1H. The number of benzene rings is 1. The van der Waals surface area contributed by atoms with Crippen molar-refractivity contribution in [3.8, 4) is 0 Å². The number of alkyl carbamates (subject to hydrolysis) is 1. The largest absolute Gasteiger partial charge is 0.444 e. The van der Waals surface area contributed by atoms with Crippen LogP contribution < -0.4 is 16.0 Å². The molecule has 1 aromatic carbocycles. The molecule has 0 aliphatic carbocycles. The molecule has 1 aromatic rings. The molecule has 1 aliphatic rings. The van der Waals surface area contributed by atoms with Gasteiger partial charge in [0.2, 0.25) is 0 Å². The zero-order valence-corrected chi connectivity index (χ0v) is 21.3. The maximum absolute atomic E-state index is 12.3. The molecule has 0 aromatic heterocycles. The molecule has 1 saturated heterocycles. The molecule has 1 amide bonds. The number of rotatable bonds is 9. The number of amides is 1. The van der Waals surface area contributed by atoms with Crippen LogP contribution in [0.5, 0.6) is 0 Å². The van der Waals surface area contributed by atoms with Crippen LogP contribution in [0.25, 0.3) is 0 Å². The van der Waals surface area contributed by atoms with Crippen molar-refractivity contribution in [2.24, 2.45) is 4.99 Å². The molecular weight excluding hydrogens is 511 g/mol. The summed E-state index contributed by atoms with van der Waals surface area (Å²) < 4.78 is 16.5. The number of hydrogen-bond donors (Lipinski definition) is 3. The van der Waals surface area contributed by atoms with Gasteiger partial charge in [0.25, 0.3) is 0 Å². The Morgan fingerprint density at radius 1 is 1.26 bits per heavy atom. The zero-order valence-electron chi connectivity index (χ0n) is 19.0. The van der Waals surface area contributed by atoms with E-state index in [1.807, 2.05) is 51.1 Å². The highest BCUT2D eigenvalue weighted by Gasteiger charge is 2.21. The molecule has 0 saturated carbocycles. The van der Waals surface area contributed by atoms with Crippen molar-refractivity contribution in [2.75, 3.05) is 40.0 Å². The molecule has 9 heteroatoms. The van der Waals surface area contributed by atoms with E-state index in [1.54, 1.807) is 7.05 Å². The summed E-state index contributed by atoms with van der Waals surface area (Å²) in [4.78, 5) is 16.5. The molecule has 1 fully saturated rings. The summed E-state index contributed by atoms with van der Waals surface area (Å²) in [6, 6.07) is 9.53. The molecule has 1 heterocycles. The van der Waals surface area contributed by atoms with Gasteiger partial charge in [-0.3, -0.25) is 4.99 Å². The normalized spacial score (nSPS) is 17.4. The lowest BCUT2D eigenvalue weighted by Gasteiger charge is -2.25. The molecule has 1 aliphatic heterocycles. The van der Waals surface area contributed by atoms with Crippen LogP contribution in [-0.2, 0) is 14.2 Å². The predicted molar refractivity (Wildman–Crippen MR) is 133 cm³/mol. The van der Waals surface area contributed by atoms with Gasteiger partial charge in [-0.1, -0.05) is 30.3 Å². The summed E-state index contributed by atoms with van der Waals surface area (Å²) in [5, 5.41) is 9.49. The molecule has 0 spiro atoms. The van der Waals surface area contributed by atoms with Crippen LogP contribution >= 0.6 is 24.0 Å². The quantitative estimate of drug-likeness (QED) is 0.190. The second kappa shape index (κ2) is 14.5. The maximum atomic E-state index is 12.3. The Morgan fingerprint density at radius 3 is 2.61 bits per heavy atom. The van der Waals surface area contributed by atoms with Gasteiger partial charge in [0, 0.05) is 33.4 Å². The van der Waals surface area contributed by atoms with E-state index in [9.17, 15) is 4.79 Å². The van der Waals surface area contributed by atoms with Gasteiger partial charge in [0.15, 0.2) is 5.96 Å². The number of guanidine groups is 1. The number of aliphatic imine (C=N–C) groups is 1. The SMILES string of the molecule is CN=C(NCCCOC1CCOC1)NCC(NC(=O)OC(C)(C)C)c1ccccc1.I. The number of carbonyl (C=O) groups is 1. The molecule has 176 valence electrons. The van der Waals surface area contributed by atoms with Crippen molar-refractivity contribution >= 4 is 36.0 Å². The zero-order chi connectivity index (χ0) is 21.8. The fourth-order valence-electron chi connectivity index (χ4n) is 2.98. The highest BCUT2D eigenvalue weighted by atomic mass is 127. The van der Waals surface area contributed by atoms with Crippen molar-refractivity contribution in [1.29, 1.82) is 0 Å². The number of carbonyl (C=O) groups excluding carboxylic acids is 1. The number of halogens is 1. The van der Waals surface area contributed by atoms with Gasteiger partial charge in [-0.05, 0) is 39.2 Å². The second-order valence-electron chi connectivity index (χ2n) is 8.20. The molecule has 2 unspecified atom stereocenters. The Bertz CT molecular complexity index is 661. The van der Waals surface area contributed by atoms with Gasteiger partial charge in [0.05, 0.1) is 18.8 Å². The Labute approximate surface area is 202 Å². The first-order valence-electron chi connectivity index (χ1n) is 10.6. The third kappa shape index (κ3) is 11.6. The first-order chi connectivity index (χ1) is 14.4. The topological polar surface area (TPSA) is 93.2 Å². The van der Waals surface area contributed by atoms with Crippen LogP contribution in [0.1, 0.15) is 45.2 Å². The third-order valence-electron chi connectivity index (χ3n) is 4.45. The second-order valence-corrected chi connectivity index (χ2v) is 8.20. The lowest BCUT2D eigenvalue weighted by Crippen LogP contribution is -2.44. The summed E-state index contributed by atoms with van der Waals surface area (Å²) in [5.74, 6) is 0.672. The minimum atomic E-state index is -0.553. The van der Waals surface area contributed by atoms with Crippen molar-refractivity contribution in [3.63, 3.8) is 0 Å². The lowest BCUT2D eigenvalue weighted by atomic mass is 10.1. The summed E-state index contributed by atoms with van der Waals surface area (Å²) in [5.41, 5.74) is 0.432. The highest BCUT2D eigenvalue weighted by Crippen LogP contribution is 2.14. The summed E-state index contributed by atoms with van der Waals surface area (Å²) >= 11 is 0. The molecule has 8 nitrogen and oxygen atoms in total. The van der Waals surface area contributed by atoms with Crippen LogP contribution in [0.15, 0.2) is 35.3 Å². The molecule has 3 N–H and O–H groups in total. The highest BCUT2D eigenvalue weighted by molar-refractivity contribution is 14.0. The molecule has 2 rings (SSSR count). The minimum Gasteiger partial charge on any atom is -0.444 e. The number of nitrogens with zero attached hydrogens (tertiary/aromatic N) is 1. The van der Waals surface area contributed by atoms with Crippen LogP contribution in [0.3, 0.4) is 0 Å². The lowest BCUT2D eigenvalue weighted by molar-refractivity contribution is 0.0419. The summed E-state index contributed by atoms with van der Waals surface area (Å²) in [6.45, 7) is 8.92. The van der Waals surface area contributed by atoms with Crippen LogP contribution in [-0.4, -0.2) is 63.7 Å². The predicted octanol–water partition coefficient (Wildman–Crippen LogP) is 3.23. The third-order valence-corrected chi connectivity index (χ3v) is 4.45. The summed E-state index contributed by atoms with van der Waals surface area (Å²) in [6.07, 6.45) is 1.62. The fourth-order valence-corrected chi connectivity index (χ4v) is 2.98. The Morgan fingerprint density at radius 2 is 2.00 bits per heavy atom. The molecule has 0 radical (unpaired) electrons. The molecule has 31 heavy (non-hydrogen) atoms. The molecule has 0 bridgehead atoms. The average molecular weight is 548 g/mol. The Kier molecular flexibility index (Phi) is 12.8. The molecule has 2 atom stereocenters. The van der Waals surface area contributed by atoms with Crippen molar-refractivity contribution in [3.05, 3.63) is 35.9 Å². The summed E-state index contributed by atoms with van der Waals surface area (Å²) in [7, 11) is 1.72. The van der Waals surface area contributed by atoms with Crippen LogP contribution in [0, 0.1) is 0 Å². The van der Waals surface area contributed by atoms with Gasteiger partial charge in [-0.25, -0.2) is 4.79 Å². The smallest absolute Gasteiger partial charge is 0.408 e. The van der Waals surface area contributed by atoms with Gasteiger partial charge in [0.1, 0.15) is 5.60 Å². The first kappa shape index (κ1) is 27.4. The molecular formula is C22H37IN4O4. The van der Waals surface area contributed by atoms with E-state index in [-0.39, 0.29) is 36.1 Å². The van der Waals surface area contributed by atoms with Crippen molar-refractivity contribution in [2.45, 2.75) is 51.4 Å². The van der Waals surface area contributed by atoms with E-state index >= 15 is 0 Å². The van der Waals surface area contributed by atoms with Gasteiger partial charge < -0.3 is 30.2 Å². The number of nitrogens with one attached hydrogen (secondary N) is 3. The fraction of sp³-hybridized carbons (Fsp3) is 0.636. The Hall–Kier alpha value is -1.59.